The lowest BCUT2D eigenvalue weighted by Crippen LogP contribution is -2.42. The summed E-state index contributed by atoms with van der Waals surface area (Å²) in [6.07, 6.45) is 1.93. The van der Waals surface area contributed by atoms with Crippen molar-refractivity contribution in [2.45, 2.75) is 4.90 Å². The van der Waals surface area contributed by atoms with E-state index in [9.17, 15) is 8.42 Å². The predicted octanol–water partition coefficient (Wildman–Crippen LogP) is 1.66. The molecule has 0 amide bonds. The number of nitrogens with zero attached hydrogens (tertiary/aromatic N) is 1. The van der Waals surface area contributed by atoms with Crippen LogP contribution in [0.3, 0.4) is 0 Å². The van der Waals surface area contributed by atoms with E-state index in [2.05, 4.69) is 15.9 Å². The highest BCUT2D eigenvalue weighted by molar-refractivity contribution is 9.10. The largest absolute Gasteiger partial charge is 0.243 e. The van der Waals surface area contributed by atoms with Crippen LogP contribution >= 0.6 is 15.9 Å². The number of sulfonamides is 1. The molecule has 1 aliphatic rings. The first-order valence-electron chi connectivity index (χ1n) is 4.18. The minimum absolute atomic E-state index is 0.347. The van der Waals surface area contributed by atoms with Crippen molar-refractivity contribution in [2.75, 3.05) is 13.1 Å². The van der Waals surface area contributed by atoms with E-state index in [1.54, 1.807) is 24.3 Å². The molecule has 5 heteroatoms. The Hall–Kier alpha value is -0.390. The van der Waals surface area contributed by atoms with E-state index < -0.39 is 10.0 Å². The second-order valence-corrected chi connectivity index (χ2v) is 5.92. The van der Waals surface area contributed by atoms with Crippen molar-refractivity contribution in [1.82, 2.24) is 4.31 Å². The summed E-state index contributed by atoms with van der Waals surface area (Å²) in [7, 11) is -3.25. The second-order valence-electron chi connectivity index (χ2n) is 3.07. The first-order chi connectivity index (χ1) is 6.60. The van der Waals surface area contributed by atoms with Crippen molar-refractivity contribution in [2.24, 2.45) is 0 Å². The summed E-state index contributed by atoms with van der Waals surface area (Å²) >= 11 is 3.25. The summed E-state index contributed by atoms with van der Waals surface area (Å²) in [6, 6.07) is 6.76. The van der Waals surface area contributed by atoms with Gasteiger partial charge in [0.15, 0.2) is 0 Å². The van der Waals surface area contributed by atoms with Gasteiger partial charge in [0, 0.05) is 17.6 Å². The van der Waals surface area contributed by atoms with Gasteiger partial charge in [0.2, 0.25) is 10.0 Å². The van der Waals surface area contributed by atoms with E-state index in [1.807, 2.05) is 6.42 Å². The molecule has 0 spiro atoms. The summed E-state index contributed by atoms with van der Waals surface area (Å²) in [5.41, 5.74) is 0. The Morgan fingerprint density at radius 2 is 2.00 bits per heavy atom. The van der Waals surface area contributed by atoms with Crippen LogP contribution in [-0.4, -0.2) is 25.8 Å². The van der Waals surface area contributed by atoms with E-state index in [0.29, 0.717) is 18.0 Å². The molecule has 1 heterocycles. The average Bonchev–Trinajstić information content (AvgIpc) is 2.00. The molecule has 1 radical (unpaired) electrons. The second kappa shape index (κ2) is 3.64. The molecule has 1 aromatic carbocycles. The van der Waals surface area contributed by atoms with Gasteiger partial charge in [-0.3, -0.25) is 0 Å². The quantitative estimate of drug-likeness (QED) is 0.823. The summed E-state index contributed by atoms with van der Waals surface area (Å²) in [4.78, 5) is 0.347. The zero-order valence-corrected chi connectivity index (χ0v) is 9.75. The van der Waals surface area contributed by atoms with Crippen LogP contribution in [0, 0.1) is 6.42 Å². The van der Waals surface area contributed by atoms with Crippen LogP contribution in [0.4, 0.5) is 0 Å². The molecular weight excluding hydrogens is 266 g/mol. The van der Waals surface area contributed by atoms with Gasteiger partial charge in [-0.15, -0.1) is 0 Å². The number of hydrogen-bond donors (Lipinski definition) is 0. The van der Waals surface area contributed by atoms with Crippen LogP contribution in [0.1, 0.15) is 0 Å². The third-order valence-electron chi connectivity index (χ3n) is 2.10. The molecule has 0 bridgehead atoms. The number of hydrogen-bond acceptors (Lipinski definition) is 2. The van der Waals surface area contributed by atoms with Crippen molar-refractivity contribution < 1.29 is 8.42 Å². The van der Waals surface area contributed by atoms with E-state index in [1.165, 1.54) is 4.31 Å². The standard InChI is InChI=1S/C9H9BrNO2S/c10-8-3-1-4-9(7-8)14(12,13)11-5-2-6-11/h1-4,7H,5-6H2. The maximum absolute atomic E-state index is 11.9. The van der Waals surface area contributed by atoms with Gasteiger partial charge < -0.3 is 0 Å². The van der Waals surface area contributed by atoms with Crippen LogP contribution in [0.5, 0.6) is 0 Å². The molecule has 14 heavy (non-hydrogen) atoms. The van der Waals surface area contributed by atoms with E-state index >= 15 is 0 Å². The highest BCUT2D eigenvalue weighted by Gasteiger charge is 2.29. The summed E-state index contributed by atoms with van der Waals surface area (Å²) in [6.45, 7) is 1.05. The minimum Gasteiger partial charge on any atom is -0.207 e. The molecule has 0 atom stereocenters. The highest BCUT2D eigenvalue weighted by atomic mass is 79.9. The molecule has 3 nitrogen and oxygen atoms in total. The SMILES string of the molecule is O=S(=O)(c1cccc(Br)c1)N1C[CH]C1. The topological polar surface area (TPSA) is 37.4 Å². The molecule has 1 aliphatic heterocycles. The molecular formula is C9H9BrNO2S. The van der Waals surface area contributed by atoms with E-state index in [-0.39, 0.29) is 0 Å². The van der Waals surface area contributed by atoms with Gasteiger partial charge in [-0.1, -0.05) is 22.0 Å². The van der Waals surface area contributed by atoms with Crippen LogP contribution in [0.25, 0.3) is 0 Å². The van der Waals surface area contributed by atoms with Gasteiger partial charge in [0.25, 0.3) is 0 Å². The van der Waals surface area contributed by atoms with Gasteiger partial charge in [-0.05, 0) is 24.6 Å². The monoisotopic (exact) mass is 274 g/mol. The Balaban J connectivity index is 2.38. The smallest absolute Gasteiger partial charge is 0.207 e. The summed E-state index contributed by atoms with van der Waals surface area (Å²) in [5.74, 6) is 0. The van der Waals surface area contributed by atoms with E-state index in [0.717, 1.165) is 4.47 Å². The predicted molar refractivity (Wildman–Crippen MR) is 57.2 cm³/mol. The van der Waals surface area contributed by atoms with Gasteiger partial charge in [0.1, 0.15) is 0 Å². The number of benzene rings is 1. The lowest BCUT2D eigenvalue weighted by molar-refractivity contribution is 0.385. The van der Waals surface area contributed by atoms with Crippen molar-refractivity contribution in [3.8, 4) is 0 Å². The summed E-state index contributed by atoms with van der Waals surface area (Å²) < 4.78 is 25.9. The van der Waals surface area contributed by atoms with Crippen LogP contribution < -0.4 is 0 Å². The zero-order valence-electron chi connectivity index (χ0n) is 7.35. The fraction of sp³-hybridized carbons (Fsp3) is 0.222. The fourth-order valence-corrected chi connectivity index (χ4v) is 3.19. The third-order valence-corrected chi connectivity index (χ3v) is 4.42. The first kappa shape index (κ1) is 10.1. The Morgan fingerprint density at radius 3 is 2.50 bits per heavy atom. The molecule has 0 N–H and O–H groups in total. The van der Waals surface area contributed by atoms with Crippen molar-refractivity contribution in [3.05, 3.63) is 35.2 Å². The molecule has 0 saturated carbocycles. The molecule has 1 fully saturated rings. The summed E-state index contributed by atoms with van der Waals surface area (Å²) in [5, 5.41) is 0. The third kappa shape index (κ3) is 1.71. The van der Waals surface area contributed by atoms with Crippen LogP contribution in [-0.2, 0) is 10.0 Å². The van der Waals surface area contributed by atoms with Gasteiger partial charge in [-0.2, -0.15) is 4.31 Å². The molecule has 0 aromatic heterocycles. The lowest BCUT2D eigenvalue weighted by Gasteiger charge is -2.29. The van der Waals surface area contributed by atoms with Gasteiger partial charge >= 0.3 is 0 Å². The Morgan fingerprint density at radius 1 is 1.29 bits per heavy atom. The minimum atomic E-state index is -3.25. The zero-order chi connectivity index (χ0) is 10.2. The van der Waals surface area contributed by atoms with Gasteiger partial charge in [-0.25, -0.2) is 8.42 Å². The lowest BCUT2D eigenvalue weighted by atomic mass is 10.3. The first-order valence-corrected chi connectivity index (χ1v) is 6.41. The van der Waals surface area contributed by atoms with Crippen LogP contribution in [0.15, 0.2) is 33.6 Å². The Kier molecular flexibility index (Phi) is 2.64. The van der Waals surface area contributed by atoms with Gasteiger partial charge in [0.05, 0.1) is 4.90 Å². The molecule has 0 aliphatic carbocycles. The van der Waals surface area contributed by atoms with E-state index in [4.69, 9.17) is 0 Å². The van der Waals surface area contributed by atoms with Crippen molar-refractivity contribution >= 4 is 26.0 Å². The highest BCUT2D eigenvalue weighted by Crippen LogP contribution is 2.22. The maximum Gasteiger partial charge on any atom is 0.243 e. The number of rotatable bonds is 2. The van der Waals surface area contributed by atoms with Crippen molar-refractivity contribution in [3.63, 3.8) is 0 Å². The maximum atomic E-state index is 11.9. The van der Waals surface area contributed by atoms with Crippen LogP contribution in [0.2, 0.25) is 0 Å². The molecule has 2 rings (SSSR count). The van der Waals surface area contributed by atoms with Crippen molar-refractivity contribution in [1.29, 1.82) is 0 Å². The Bertz CT molecular complexity index is 440. The molecule has 0 unspecified atom stereocenters. The molecule has 75 valence electrons. The number of halogens is 1. The molecule has 1 saturated heterocycles. The Labute approximate surface area is 91.9 Å². The fourth-order valence-electron chi connectivity index (χ4n) is 1.21. The normalized spacial score (nSPS) is 17.8. The molecule has 1 aromatic rings. The average molecular weight is 275 g/mol.